The molecule has 0 aliphatic heterocycles. The van der Waals surface area contributed by atoms with Gasteiger partial charge in [0.25, 0.3) is 0 Å². The van der Waals surface area contributed by atoms with E-state index in [1.165, 1.54) is 16.9 Å². The summed E-state index contributed by atoms with van der Waals surface area (Å²) in [6.45, 7) is 2.10. The summed E-state index contributed by atoms with van der Waals surface area (Å²) >= 11 is 1.53. The normalized spacial score (nSPS) is 10.2. The van der Waals surface area contributed by atoms with Gasteiger partial charge in [0, 0.05) is 5.56 Å². The molecule has 1 nitrogen and oxygen atoms in total. The van der Waals surface area contributed by atoms with Gasteiger partial charge >= 0.3 is 0 Å². The van der Waals surface area contributed by atoms with Gasteiger partial charge in [0.2, 0.25) is 5.78 Å². The van der Waals surface area contributed by atoms with Crippen LogP contribution in [0.15, 0.2) is 41.8 Å². The number of benzene rings is 1. The summed E-state index contributed by atoms with van der Waals surface area (Å²) in [6.07, 6.45) is 0.985. The molecule has 0 spiro atoms. The van der Waals surface area contributed by atoms with E-state index in [2.05, 4.69) is 12.3 Å². The maximum atomic E-state index is 12.0. The molecule has 1 aromatic heterocycles. The molecule has 15 heavy (non-hydrogen) atoms. The second-order valence-corrected chi connectivity index (χ2v) is 4.28. The molecular formula is C13H12OS. The molecule has 0 bridgehead atoms. The number of ketones is 1. The molecule has 0 fully saturated rings. The lowest BCUT2D eigenvalue weighted by Gasteiger charge is -1.96. The van der Waals surface area contributed by atoms with Crippen molar-refractivity contribution >= 4 is 17.1 Å². The van der Waals surface area contributed by atoms with Gasteiger partial charge in [-0.25, -0.2) is 0 Å². The average Bonchev–Trinajstić information content (AvgIpc) is 2.78. The van der Waals surface area contributed by atoms with Crippen LogP contribution in [-0.4, -0.2) is 5.78 Å². The van der Waals surface area contributed by atoms with Gasteiger partial charge in [0.05, 0.1) is 4.88 Å². The summed E-state index contributed by atoms with van der Waals surface area (Å²) in [4.78, 5) is 12.8. The minimum absolute atomic E-state index is 0.125. The number of rotatable bonds is 3. The van der Waals surface area contributed by atoms with Crippen LogP contribution in [-0.2, 0) is 6.42 Å². The molecule has 0 aliphatic rings. The third kappa shape index (κ3) is 2.16. The smallest absolute Gasteiger partial charge is 0.202 e. The molecule has 0 unspecified atom stereocenters. The molecule has 0 N–H and O–H groups in total. The molecule has 2 aromatic rings. The monoisotopic (exact) mass is 216 g/mol. The Bertz CT molecular complexity index is 456. The van der Waals surface area contributed by atoms with E-state index in [-0.39, 0.29) is 5.78 Å². The fourth-order valence-corrected chi connectivity index (χ4v) is 2.37. The molecule has 0 amide bonds. The van der Waals surface area contributed by atoms with Gasteiger partial charge in [0.1, 0.15) is 0 Å². The molecule has 0 saturated heterocycles. The lowest BCUT2D eigenvalue weighted by molar-refractivity contribution is 0.104. The first-order valence-electron chi connectivity index (χ1n) is 4.98. The Hall–Kier alpha value is -1.41. The SMILES string of the molecule is CCc1csc(C(=O)c2ccccc2)c1. The number of hydrogen-bond acceptors (Lipinski definition) is 2. The Labute approximate surface area is 93.4 Å². The summed E-state index contributed by atoms with van der Waals surface area (Å²) in [5.41, 5.74) is 2.00. The Morgan fingerprint density at radius 1 is 1.27 bits per heavy atom. The van der Waals surface area contributed by atoms with Gasteiger partial charge < -0.3 is 0 Å². The quantitative estimate of drug-likeness (QED) is 0.717. The number of thiophene rings is 1. The molecule has 1 aromatic carbocycles. The molecule has 0 radical (unpaired) electrons. The number of carbonyl (C=O) groups excluding carboxylic acids is 1. The van der Waals surface area contributed by atoms with Gasteiger partial charge in [-0.15, -0.1) is 11.3 Å². The predicted molar refractivity (Wildman–Crippen MR) is 63.6 cm³/mol. The standard InChI is InChI=1S/C13H12OS/c1-2-10-8-12(15-9-10)13(14)11-6-4-3-5-7-11/h3-9H,2H2,1H3. The van der Waals surface area contributed by atoms with Crippen molar-refractivity contribution < 1.29 is 4.79 Å². The van der Waals surface area contributed by atoms with E-state index >= 15 is 0 Å². The minimum Gasteiger partial charge on any atom is -0.288 e. The average molecular weight is 216 g/mol. The van der Waals surface area contributed by atoms with E-state index in [1.807, 2.05) is 36.4 Å². The van der Waals surface area contributed by atoms with Gasteiger partial charge in [-0.3, -0.25) is 4.79 Å². The van der Waals surface area contributed by atoms with E-state index in [4.69, 9.17) is 0 Å². The second-order valence-electron chi connectivity index (χ2n) is 3.37. The molecule has 0 atom stereocenters. The van der Waals surface area contributed by atoms with Crippen LogP contribution in [0.1, 0.15) is 27.7 Å². The maximum Gasteiger partial charge on any atom is 0.202 e. The first kappa shape index (κ1) is 10.1. The van der Waals surface area contributed by atoms with Crippen LogP contribution in [0, 0.1) is 0 Å². The first-order chi connectivity index (χ1) is 7.31. The number of hydrogen-bond donors (Lipinski definition) is 0. The van der Waals surface area contributed by atoms with Crippen LogP contribution < -0.4 is 0 Å². The van der Waals surface area contributed by atoms with Gasteiger partial charge in [-0.2, -0.15) is 0 Å². The van der Waals surface area contributed by atoms with Crippen molar-refractivity contribution in [3.8, 4) is 0 Å². The predicted octanol–water partition coefficient (Wildman–Crippen LogP) is 3.54. The lowest BCUT2D eigenvalue weighted by atomic mass is 10.1. The molecule has 76 valence electrons. The fraction of sp³-hybridized carbons (Fsp3) is 0.154. The number of aryl methyl sites for hydroxylation is 1. The Kier molecular flexibility index (Phi) is 2.97. The third-order valence-electron chi connectivity index (χ3n) is 2.32. The van der Waals surface area contributed by atoms with Crippen molar-refractivity contribution in [2.45, 2.75) is 13.3 Å². The van der Waals surface area contributed by atoms with Crippen molar-refractivity contribution in [3.05, 3.63) is 57.8 Å². The highest BCUT2D eigenvalue weighted by Crippen LogP contribution is 2.18. The van der Waals surface area contributed by atoms with Crippen LogP contribution in [0.2, 0.25) is 0 Å². The minimum atomic E-state index is 0.125. The summed E-state index contributed by atoms with van der Waals surface area (Å²) < 4.78 is 0. The zero-order chi connectivity index (χ0) is 10.7. The van der Waals surface area contributed by atoms with Crippen molar-refractivity contribution in [2.75, 3.05) is 0 Å². The summed E-state index contributed by atoms with van der Waals surface area (Å²) in [7, 11) is 0. The first-order valence-corrected chi connectivity index (χ1v) is 5.86. The van der Waals surface area contributed by atoms with E-state index in [1.54, 1.807) is 0 Å². The second kappa shape index (κ2) is 4.41. The summed E-state index contributed by atoms with van der Waals surface area (Å²) in [5, 5.41) is 2.05. The van der Waals surface area contributed by atoms with Gasteiger partial charge in [-0.1, -0.05) is 37.3 Å². The third-order valence-corrected chi connectivity index (χ3v) is 3.30. The summed E-state index contributed by atoms with van der Waals surface area (Å²) in [5.74, 6) is 0.125. The maximum absolute atomic E-state index is 12.0. The van der Waals surface area contributed by atoms with Crippen molar-refractivity contribution in [1.82, 2.24) is 0 Å². The molecular weight excluding hydrogens is 204 g/mol. The van der Waals surface area contributed by atoms with Crippen LogP contribution in [0.4, 0.5) is 0 Å². The van der Waals surface area contributed by atoms with Crippen LogP contribution in [0.5, 0.6) is 0 Å². The molecule has 1 heterocycles. The van der Waals surface area contributed by atoms with Crippen molar-refractivity contribution in [2.24, 2.45) is 0 Å². The van der Waals surface area contributed by atoms with Crippen LogP contribution in [0.3, 0.4) is 0 Å². The van der Waals surface area contributed by atoms with Crippen LogP contribution >= 0.6 is 11.3 Å². The zero-order valence-electron chi connectivity index (χ0n) is 8.57. The van der Waals surface area contributed by atoms with E-state index in [0.29, 0.717) is 0 Å². The van der Waals surface area contributed by atoms with Crippen LogP contribution in [0.25, 0.3) is 0 Å². The van der Waals surface area contributed by atoms with Crippen molar-refractivity contribution in [1.29, 1.82) is 0 Å². The van der Waals surface area contributed by atoms with Gasteiger partial charge in [-0.05, 0) is 23.4 Å². The highest BCUT2D eigenvalue weighted by molar-refractivity contribution is 7.12. The molecule has 2 heteroatoms. The van der Waals surface area contributed by atoms with E-state index < -0.39 is 0 Å². The Balaban J connectivity index is 2.29. The summed E-state index contributed by atoms with van der Waals surface area (Å²) in [6, 6.07) is 11.4. The molecule has 0 aliphatic carbocycles. The lowest BCUT2D eigenvalue weighted by Crippen LogP contribution is -1.97. The Morgan fingerprint density at radius 3 is 2.60 bits per heavy atom. The Morgan fingerprint density at radius 2 is 2.00 bits per heavy atom. The number of carbonyl (C=O) groups is 1. The topological polar surface area (TPSA) is 17.1 Å². The largest absolute Gasteiger partial charge is 0.288 e. The van der Waals surface area contributed by atoms with E-state index in [9.17, 15) is 4.79 Å². The zero-order valence-corrected chi connectivity index (χ0v) is 9.38. The van der Waals surface area contributed by atoms with E-state index in [0.717, 1.165) is 16.9 Å². The highest BCUT2D eigenvalue weighted by Gasteiger charge is 2.10. The highest BCUT2D eigenvalue weighted by atomic mass is 32.1. The van der Waals surface area contributed by atoms with Gasteiger partial charge in [0.15, 0.2) is 0 Å². The fourth-order valence-electron chi connectivity index (χ4n) is 1.41. The molecule has 2 rings (SSSR count). The van der Waals surface area contributed by atoms with Crippen molar-refractivity contribution in [3.63, 3.8) is 0 Å². The molecule has 0 saturated carbocycles.